The summed E-state index contributed by atoms with van der Waals surface area (Å²) in [4.78, 5) is 10.2. The highest BCUT2D eigenvalue weighted by Gasteiger charge is 1.95. The zero-order valence-electron chi connectivity index (χ0n) is 4.89. The van der Waals surface area contributed by atoms with E-state index in [1.165, 1.54) is 11.8 Å². The predicted molar refractivity (Wildman–Crippen MR) is 36.7 cm³/mol. The van der Waals surface area contributed by atoms with Crippen molar-refractivity contribution < 1.29 is 4.79 Å². The van der Waals surface area contributed by atoms with E-state index in [0.717, 1.165) is 0 Å². The molecular formula is C4H9BOS. The van der Waals surface area contributed by atoms with Gasteiger partial charge in [-0.3, -0.25) is 0 Å². The highest BCUT2D eigenvalue weighted by atomic mass is 32.2. The van der Waals surface area contributed by atoms with E-state index >= 15 is 0 Å². The minimum absolute atomic E-state index is 0.204. The second-order valence-corrected chi connectivity index (χ2v) is 3.41. The van der Waals surface area contributed by atoms with E-state index in [2.05, 4.69) is 0 Å². The Hall–Kier alpha value is 0.0849. The minimum Gasteiger partial charge on any atom is -0.300 e. The molecule has 0 aromatic carbocycles. The maximum Gasteiger partial charge on any atom is 0.201 e. The molecule has 0 unspecified atom stereocenters. The first kappa shape index (κ1) is 7.08. The molecule has 0 N–H and O–H groups in total. The Morgan fingerprint density at radius 1 is 1.71 bits per heavy atom. The largest absolute Gasteiger partial charge is 0.300 e. The zero-order valence-corrected chi connectivity index (χ0v) is 5.71. The lowest BCUT2D eigenvalue weighted by Gasteiger charge is -1.95. The molecule has 0 bridgehead atoms. The molecule has 1 nitrogen and oxygen atoms in total. The van der Waals surface area contributed by atoms with Crippen LogP contribution in [0.15, 0.2) is 0 Å². The predicted octanol–water partition coefficient (Wildman–Crippen LogP) is 0.881. The molecule has 0 saturated heterocycles. The Kier molecular flexibility index (Phi) is 3.17. The van der Waals surface area contributed by atoms with E-state index in [0.29, 0.717) is 5.25 Å². The first-order valence-corrected chi connectivity index (χ1v) is 3.18. The Balaban J connectivity index is 3.13. The van der Waals surface area contributed by atoms with E-state index in [-0.39, 0.29) is 5.01 Å². The van der Waals surface area contributed by atoms with Gasteiger partial charge in [0.2, 0.25) is 7.85 Å². The van der Waals surface area contributed by atoms with Gasteiger partial charge in [0, 0.05) is 5.25 Å². The number of carbonyl (C=O) groups excluding carboxylic acids is 1. The summed E-state index contributed by atoms with van der Waals surface area (Å²) < 4.78 is 0. The van der Waals surface area contributed by atoms with Crippen LogP contribution in [0.5, 0.6) is 0 Å². The molecule has 0 atom stereocenters. The van der Waals surface area contributed by atoms with Gasteiger partial charge in [0.15, 0.2) is 0 Å². The fraction of sp³-hybridized carbons (Fsp3) is 0.750. The average molecular weight is 116 g/mol. The van der Waals surface area contributed by atoms with Crippen LogP contribution in [-0.4, -0.2) is 18.1 Å². The number of rotatable bonds is 1. The highest BCUT2D eigenvalue weighted by Crippen LogP contribution is 2.07. The summed E-state index contributed by atoms with van der Waals surface area (Å²) in [6.07, 6.45) is 0. The normalized spacial score (nSPS) is 9.57. The third-order valence-electron chi connectivity index (χ3n) is 0.402. The lowest BCUT2D eigenvalue weighted by molar-refractivity contribution is 0.275. The van der Waals surface area contributed by atoms with Crippen LogP contribution in [0.2, 0.25) is 0 Å². The van der Waals surface area contributed by atoms with Gasteiger partial charge >= 0.3 is 0 Å². The summed E-state index contributed by atoms with van der Waals surface area (Å²) in [5.41, 5.74) is 0. The lowest BCUT2D eigenvalue weighted by Crippen LogP contribution is -1.93. The monoisotopic (exact) mass is 116 g/mol. The van der Waals surface area contributed by atoms with Crippen molar-refractivity contribution in [2.45, 2.75) is 19.1 Å². The van der Waals surface area contributed by atoms with Gasteiger partial charge in [-0.2, -0.15) is 0 Å². The summed E-state index contributed by atoms with van der Waals surface area (Å²) in [5.74, 6) is 0. The standard InChI is InChI=1S/C4H9BOS/c1-3(2)7-4(5)6/h3H,5H2,1-2H3. The number of hydrogen-bond donors (Lipinski definition) is 0. The third kappa shape index (κ3) is 6.08. The first-order valence-electron chi connectivity index (χ1n) is 2.30. The Bertz CT molecular complexity index is 72.1. The van der Waals surface area contributed by atoms with Crippen LogP contribution in [0.1, 0.15) is 13.8 Å². The fourth-order valence-electron chi connectivity index (χ4n) is 0.332. The maximum absolute atomic E-state index is 10.2. The van der Waals surface area contributed by atoms with Crippen LogP contribution in [0.3, 0.4) is 0 Å². The van der Waals surface area contributed by atoms with Gasteiger partial charge < -0.3 is 4.79 Å². The quantitative estimate of drug-likeness (QED) is 0.473. The van der Waals surface area contributed by atoms with E-state index < -0.39 is 0 Å². The third-order valence-corrected chi connectivity index (χ3v) is 1.20. The maximum atomic E-state index is 10.2. The Morgan fingerprint density at radius 2 is 2.14 bits per heavy atom. The van der Waals surface area contributed by atoms with Crippen molar-refractivity contribution >= 4 is 24.6 Å². The van der Waals surface area contributed by atoms with E-state index in [1.807, 2.05) is 13.8 Å². The van der Waals surface area contributed by atoms with Crippen molar-refractivity contribution in [1.29, 1.82) is 0 Å². The fourth-order valence-corrected chi connectivity index (χ4v) is 0.996. The molecular weight excluding hydrogens is 107 g/mol. The number of hydrogen-bond acceptors (Lipinski definition) is 2. The van der Waals surface area contributed by atoms with Crippen LogP contribution in [-0.2, 0) is 0 Å². The van der Waals surface area contributed by atoms with Gasteiger partial charge in [-0.25, -0.2) is 0 Å². The molecule has 0 heterocycles. The molecule has 0 aliphatic carbocycles. The van der Waals surface area contributed by atoms with E-state index in [1.54, 1.807) is 7.85 Å². The van der Waals surface area contributed by atoms with Crippen molar-refractivity contribution in [2.24, 2.45) is 0 Å². The molecule has 0 aromatic rings. The molecule has 0 fully saturated rings. The summed E-state index contributed by atoms with van der Waals surface area (Å²) in [6, 6.07) is 0. The van der Waals surface area contributed by atoms with Crippen LogP contribution < -0.4 is 0 Å². The van der Waals surface area contributed by atoms with Crippen LogP contribution in [0.4, 0.5) is 4.79 Å². The van der Waals surface area contributed by atoms with Gasteiger partial charge in [0.25, 0.3) is 0 Å². The number of carbonyl (C=O) groups is 1. The highest BCUT2D eigenvalue weighted by molar-refractivity contribution is 8.16. The van der Waals surface area contributed by atoms with Crippen molar-refractivity contribution in [1.82, 2.24) is 0 Å². The first-order chi connectivity index (χ1) is 3.13. The van der Waals surface area contributed by atoms with Gasteiger partial charge in [-0.05, 0) is 0 Å². The average Bonchev–Trinajstić information content (AvgIpc) is 1.27. The summed E-state index contributed by atoms with van der Waals surface area (Å²) >= 11 is 1.37. The van der Waals surface area contributed by atoms with Crippen molar-refractivity contribution in [2.75, 3.05) is 0 Å². The summed E-state index contributed by atoms with van der Waals surface area (Å²) in [7, 11) is 1.59. The second kappa shape index (κ2) is 3.13. The van der Waals surface area contributed by atoms with Crippen LogP contribution in [0.25, 0.3) is 0 Å². The molecule has 40 valence electrons. The molecule has 0 aliphatic rings. The van der Waals surface area contributed by atoms with Crippen LogP contribution >= 0.6 is 11.8 Å². The number of thioether (sulfide) groups is 1. The molecule has 7 heavy (non-hydrogen) atoms. The van der Waals surface area contributed by atoms with Gasteiger partial charge in [-0.15, -0.1) is 0 Å². The second-order valence-electron chi connectivity index (χ2n) is 1.66. The van der Waals surface area contributed by atoms with E-state index in [9.17, 15) is 4.79 Å². The smallest absolute Gasteiger partial charge is 0.201 e. The topological polar surface area (TPSA) is 17.1 Å². The Morgan fingerprint density at radius 3 is 2.14 bits per heavy atom. The molecule has 3 heteroatoms. The van der Waals surface area contributed by atoms with Crippen LogP contribution in [0, 0.1) is 0 Å². The molecule has 0 saturated carbocycles. The molecule has 0 radical (unpaired) electrons. The van der Waals surface area contributed by atoms with Gasteiger partial charge in [0.1, 0.15) is 5.01 Å². The Labute approximate surface area is 49.3 Å². The molecule has 0 aliphatic heterocycles. The van der Waals surface area contributed by atoms with Crippen molar-refractivity contribution in [3.8, 4) is 0 Å². The summed E-state index contributed by atoms with van der Waals surface area (Å²) in [6.45, 7) is 4.01. The molecule has 0 spiro atoms. The summed E-state index contributed by atoms with van der Waals surface area (Å²) in [5, 5.41) is 0.646. The van der Waals surface area contributed by atoms with Crippen molar-refractivity contribution in [3.05, 3.63) is 0 Å². The SMILES string of the molecule is BC(=O)SC(C)C. The minimum atomic E-state index is 0.204. The molecule has 0 rings (SSSR count). The van der Waals surface area contributed by atoms with Crippen molar-refractivity contribution in [3.63, 3.8) is 0 Å². The molecule has 0 amide bonds. The lowest BCUT2D eigenvalue weighted by atomic mass is 10.2. The van der Waals surface area contributed by atoms with E-state index in [4.69, 9.17) is 0 Å². The van der Waals surface area contributed by atoms with Gasteiger partial charge in [-0.1, -0.05) is 25.6 Å². The zero-order chi connectivity index (χ0) is 5.86. The van der Waals surface area contributed by atoms with Gasteiger partial charge in [0.05, 0.1) is 0 Å². The molecule has 0 aromatic heterocycles.